The van der Waals surface area contributed by atoms with Crippen LogP contribution in [0, 0.1) is 6.92 Å². The van der Waals surface area contributed by atoms with Crippen LogP contribution in [0.3, 0.4) is 0 Å². The van der Waals surface area contributed by atoms with Gasteiger partial charge in [-0.25, -0.2) is 4.79 Å². The Labute approximate surface area is 186 Å². The third-order valence-electron chi connectivity index (χ3n) is 5.91. The maximum absolute atomic E-state index is 12.3. The number of benzene rings is 2. The van der Waals surface area contributed by atoms with Crippen molar-refractivity contribution < 1.29 is 18.8 Å². The van der Waals surface area contributed by atoms with Crippen LogP contribution in [0.4, 0.5) is 4.79 Å². The number of amides is 1. The largest absolute Gasteiger partial charge is 0.492 e. The lowest BCUT2D eigenvalue weighted by Crippen LogP contribution is -2.41. The van der Waals surface area contributed by atoms with E-state index in [-0.39, 0.29) is 6.54 Å². The van der Waals surface area contributed by atoms with Gasteiger partial charge in [-0.15, -0.1) is 0 Å². The number of rotatable bonds is 4. The summed E-state index contributed by atoms with van der Waals surface area (Å²) in [5.74, 6) is 0. The molecule has 1 aliphatic rings. The molecular formula is C25H34BNO4. The molecule has 2 aromatic rings. The molecule has 1 heterocycles. The molecule has 1 fully saturated rings. The van der Waals surface area contributed by atoms with Gasteiger partial charge in [0.1, 0.15) is 5.60 Å². The van der Waals surface area contributed by atoms with Gasteiger partial charge < -0.3 is 19.4 Å². The molecule has 0 aliphatic carbocycles. The summed E-state index contributed by atoms with van der Waals surface area (Å²) in [4.78, 5) is 12.3. The van der Waals surface area contributed by atoms with E-state index in [0.29, 0.717) is 0 Å². The molecule has 0 spiro atoms. The molecule has 0 saturated carbocycles. The first kappa shape index (κ1) is 23.4. The summed E-state index contributed by atoms with van der Waals surface area (Å²) in [6, 6.07) is 12.5. The highest BCUT2D eigenvalue weighted by atomic mass is 16.7. The van der Waals surface area contributed by atoms with Crippen LogP contribution in [0.1, 0.15) is 59.6 Å². The number of hydrogen-bond donors (Lipinski definition) is 1. The number of fused-ring (bicyclic) bond motifs is 1. The SMILES string of the molecule is Cc1ccc(C=C(CNC(=O)OC(C)(C)C)B2OC(C)(C)C(C)(C)O2)c2ccccc12. The topological polar surface area (TPSA) is 56.8 Å². The van der Waals surface area contributed by atoms with Crippen molar-refractivity contribution in [2.24, 2.45) is 0 Å². The first-order valence-corrected chi connectivity index (χ1v) is 10.8. The Morgan fingerprint density at radius 1 is 1.03 bits per heavy atom. The van der Waals surface area contributed by atoms with Crippen LogP contribution < -0.4 is 5.32 Å². The molecule has 1 N–H and O–H groups in total. The standard InChI is InChI=1S/C25H34BNO4/c1-17-13-14-18(21-12-10-9-11-20(17)21)15-19(16-27-22(28)29-23(2,3)4)26-30-24(5,6)25(7,8)31-26/h9-15H,16H2,1-8H3,(H,27,28). The Hall–Kier alpha value is -2.31. The van der Waals surface area contributed by atoms with Crippen molar-refractivity contribution in [1.29, 1.82) is 0 Å². The summed E-state index contributed by atoms with van der Waals surface area (Å²) in [5.41, 5.74) is 1.59. The number of ether oxygens (including phenoxy) is 1. The molecule has 1 saturated heterocycles. The highest BCUT2D eigenvalue weighted by molar-refractivity contribution is 6.56. The third kappa shape index (κ3) is 5.31. The summed E-state index contributed by atoms with van der Waals surface area (Å²) < 4.78 is 18.0. The minimum Gasteiger partial charge on any atom is -0.444 e. The Kier molecular flexibility index (Phi) is 6.27. The van der Waals surface area contributed by atoms with E-state index >= 15 is 0 Å². The van der Waals surface area contributed by atoms with E-state index in [2.05, 4.69) is 42.6 Å². The summed E-state index contributed by atoms with van der Waals surface area (Å²) in [7, 11) is -0.569. The van der Waals surface area contributed by atoms with Gasteiger partial charge in [0, 0.05) is 6.54 Å². The zero-order chi connectivity index (χ0) is 23.0. The number of carbonyl (C=O) groups excluding carboxylic acids is 1. The first-order valence-electron chi connectivity index (χ1n) is 10.8. The smallest absolute Gasteiger partial charge is 0.444 e. The number of alkyl carbamates (subject to hydrolysis) is 1. The molecule has 3 rings (SSSR count). The molecule has 6 heteroatoms. The van der Waals surface area contributed by atoms with Gasteiger partial charge in [0.05, 0.1) is 11.2 Å². The van der Waals surface area contributed by atoms with E-state index in [4.69, 9.17) is 14.0 Å². The summed E-state index contributed by atoms with van der Waals surface area (Å²) in [6.45, 7) is 16.0. The zero-order valence-corrected chi connectivity index (χ0v) is 20.0. The molecule has 0 unspecified atom stereocenters. The van der Waals surface area contributed by atoms with Gasteiger partial charge >= 0.3 is 13.2 Å². The Balaban J connectivity index is 1.97. The van der Waals surface area contributed by atoms with E-state index < -0.39 is 30.0 Å². The summed E-state index contributed by atoms with van der Waals surface area (Å²) in [6.07, 6.45) is 1.59. The van der Waals surface area contributed by atoms with Gasteiger partial charge in [-0.2, -0.15) is 0 Å². The predicted octanol–water partition coefficient (Wildman–Crippen LogP) is 5.69. The van der Waals surface area contributed by atoms with Crippen molar-refractivity contribution in [1.82, 2.24) is 5.32 Å². The number of carbonyl (C=O) groups is 1. The fourth-order valence-electron chi connectivity index (χ4n) is 3.48. The monoisotopic (exact) mass is 423 g/mol. The van der Waals surface area contributed by atoms with Crippen molar-refractivity contribution in [2.75, 3.05) is 6.54 Å². The number of hydrogen-bond acceptors (Lipinski definition) is 4. The molecule has 166 valence electrons. The van der Waals surface area contributed by atoms with E-state index in [1.165, 1.54) is 10.9 Å². The maximum atomic E-state index is 12.3. The second-order valence-corrected chi connectivity index (χ2v) is 10.2. The quantitative estimate of drug-likeness (QED) is 0.642. The van der Waals surface area contributed by atoms with E-state index in [1.54, 1.807) is 0 Å². The first-order chi connectivity index (χ1) is 14.3. The van der Waals surface area contributed by atoms with Gasteiger partial charge in [-0.1, -0.05) is 42.5 Å². The molecule has 0 radical (unpaired) electrons. The lowest BCUT2D eigenvalue weighted by atomic mass is 9.76. The maximum Gasteiger partial charge on any atom is 0.492 e. The normalized spacial score (nSPS) is 18.3. The highest BCUT2D eigenvalue weighted by Crippen LogP contribution is 2.39. The van der Waals surface area contributed by atoms with Crippen LogP contribution in [0.2, 0.25) is 0 Å². The molecule has 0 bridgehead atoms. The predicted molar refractivity (Wildman–Crippen MR) is 127 cm³/mol. The van der Waals surface area contributed by atoms with Crippen LogP contribution in [0.15, 0.2) is 41.9 Å². The molecule has 1 aliphatic heterocycles. The van der Waals surface area contributed by atoms with Crippen molar-refractivity contribution in [3.8, 4) is 0 Å². The number of aryl methyl sites for hydroxylation is 1. The Morgan fingerprint density at radius 3 is 2.19 bits per heavy atom. The average molecular weight is 423 g/mol. The molecule has 31 heavy (non-hydrogen) atoms. The second-order valence-electron chi connectivity index (χ2n) is 10.2. The van der Waals surface area contributed by atoms with Crippen LogP contribution in [0.25, 0.3) is 16.8 Å². The van der Waals surface area contributed by atoms with Crippen molar-refractivity contribution >= 4 is 30.1 Å². The fraction of sp³-hybridized carbons (Fsp3) is 0.480. The molecular weight excluding hydrogens is 389 g/mol. The molecule has 0 atom stereocenters. The van der Waals surface area contributed by atoms with Gasteiger partial charge in [-0.3, -0.25) is 0 Å². The molecule has 2 aromatic carbocycles. The van der Waals surface area contributed by atoms with Crippen LogP contribution >= 0.6 is 0 Å². The second kappa shape index (κ2) is 8.32. The molecule has 5 nitrogen and oxygen atoms in total. The van der Waals surface area contributed by atoms with Crippen LogP contribution in [-0.2, 0) is 14.0 Å². The molecule has 1 amide bonds. The van der Waals surface area contributed by atoms with Gasteiger partial charge in [-0.05, 0) is 82.8 Å². The minimum absolute atomic E-state index is 0.258. The third-order valence-corrected chi connectivity index (χ3v) is 5.91. The van der Waals surface area contributed by atoms with Crippen molar-refractivity contribution in [3.05, 3.63) is 53.0 Å². The van der Waals surface area contributed by atoms with Crippen molar-refractivity contribution in [3.63, 3.8) is 0 Å². The van der Waals surface area contributed by atoms with Crippen LogP contribution in [0.5, 0.6) is 0 Å². The minimum atomic E-state index is -0.569. The van der Waals surface area contributed by atoms with E-state index in [1.807, 2.05) is 60.6 Å². The average Bonchev–Trinajstić information content (AvgIpc) is 2.86. The van der Waals surface area contributed by atoms with Crippen LogP contribution in [-0.4, -0.2) is 36.6 Å². The number of nitrogens with one attached hydrogen (secondary N) is 1. The summed E-state index contributed by atoms with van der Waals surface area (Å²) in [5, 5.41) is 5.21. The fourth-order valence-corrected chi connectivity index (χ4v) is 3.48. The molecule has 0 aromatic heterocycles. The van der Waals surface area contributed by atoms with E-state index in [9.17, 15) is 4.79 Å². The Morgan fingerprint density at radius 2 is 1.61 bits per heavy atom. The Bertz CT molecular complexity index is 988. The van der Waals surface area contributed by atoms with E-state index in [0.717, 1.165) is 16.4 Å². The lowest BCUT2D eigenvalue weighted by molar-refractivity contribution is 0.00578. The zero-order valence-electron chi connectivity index (χ0n) is 20.0. The summed E-state index contributed by atoms with van der Waals surface area (Å²) >= 11 is 0. The van der Waals surface area contributed by atoms with Gasteiger partial charge in [0.15, 0.2) is 0 Å². The highest BCUT2D eigenvalue weighted by Gasteiger charge is 2.52. The van der Waals surface area contributed by atoms with Crippen molar-refractivity contribution in [2.45, 2.75) is 72.2 Å². The van der Waals surface area contributed by atoms with Gasteiger partial charge in [0.25, 0.3) is 0 Å². The lowest BCUT2D eigenvalue weighted by Gasteiger charge is -2.32. The van der Waals surface area contributed by atoms with Gasteiger partial charge in [0.2, 0.25) is 0 Å².